The minimum atomic E-state index is -3.05. The molecule has 0 amide bonds. The molecule has 90 valence electrons. The van der Waals surface area contributed by atoms with Gasteiger partial charge >= 0.3 is 0 Å². The van der Waals surface area contributed by atoms with Gasteiger partial charge in [-0.05, 0) is 44.1 Å². The third-order valence-electron chi connectivity index (χ3n) is 2.55. The Kier molecular flexibility index (Phi) is 4.96. The lowest BCUT2D eigenvalue weighted by Crippen LogP contribution is -2.08. The van der Waals surface area contributed by atoms with Gasteiger partial charge < -0.3 is 5.32 Å². The highest BCUT2D eigenvalue weighted by Gasteiger charge is 2.10. The van der Waals surface area contributed by atoms with Gasteiger partial charge in [0.2, 0.25) is 0 Å². The highest BCUT2D eigenvalue weighted by atomic mass is 32.2. The summed E-state index contributed by atoms with van der Waals surface area (Å²) in [6.07, 6.45) is 2.05. The molecule has 3 nitrogen and oxygen atoms in total. The zero-order valence-corrected chi connectivity index (χ0v) is 10.7. The first-order valence-corrected chi connectivity index (χ1v) is 7.21. The molecule has 0 bridgehead atoms. The fourth-order valence-electron chi connectivity index (χ4n) is 1.50. The molecular formula is C12H19NO2S. The van der Waals surface area contributed by atoms with E-state index in [1.807, 2.05) is 19.2 Å². The maximum absolute atomic E-state index is 11.6. The summed E-state index contributed by atoms with van der Waals surface area (Å²) in [4.78, 5) is 0.423. The number of hydrogen-bond donors (Lipinski definition) is 1. The van der Waals surface area contributed by atoms with Crippen LogP contribution in [0.2, 0.25) is 0 Å². The van der Waals surface area contributed by atoms with Gasteiger partial charge in [0.15, 0.2) is 9.84 Å². The zero-order chi connectivity index (χ0) is 12.0. The average Bonchev–Trinajstić information content (AvgIpc) is 2.30. The molecule has 0 aromatic heterocycles. The van der Waals surface area contributed by atoms with E-state index < -0.39 is 9.84 Å². The van der Waals surface area contributed by atoms with Crippen molar-refractivity contribution in [3.63, 3.8) is 0 Å². The molecule has 0 aliphatic heterocycles. The van der Waals surface area contributed by atoms with Crippen molar-refractivity contribution in [2.45, 2.75) is 24.7 Å². The Morgan fingerprint density at radius 3 is 2.31 bits per heavy atom. The van der Waals surface area contributed by atoms with Crippen LogP contribution in [0.4, 0.5) is 0 Å². The third-order valence-corrected chi connectivity index (χ3v) is 4.31. The second-order valence-electron chi connectivity index (χ2n) is 3.75. The quantitative estimate of drug-likeness (QED) is 0.770. The monoisotopic (exact) mass is 241 g/mol. The Bertz CT molecular complexity index is 409. The van der Waals surface area contributed by atoms with Crippen molar-refractivity contribution < 1.29 is 8.42 Å². The summed E-state index contributed by atoms with van der Waals surface area (Å²) in [5.41, 5.74) is 1.19. The molecule has 0 aliphatic carbocycles. The number of hydrogen-bond acceptors (Lipinski definition) is 3. The van der Waals surface area contributed by atoms with Gasteiger partial charge in [-0.25, -0.2) is 8.42 Å². The Balaban J connectivity index is 2.68. The number of sulfone groups is 1. The predicted octanol–water partition coefficient (Wildman–Crippen LogP) is 1.63. The molecule has 0 fully saturated rings. The predicted molar refractivity (Wildman–Crippen MR) is 66.4 cm³/mol. The van der Waals surface area contributed by atoms with Crippen LogP contribution in [0, 0.1) is 0 Å². The van der Waals surface area contributed by atoms with Crippen molar-refractivity contribution in [3.05, 3.63) is 29.8 Å². The van der Waals surface area contributed by atoms with Crippen LogP contribution in [0.25, 0.3) is 0 Å². The van der Waals surface area contributed by atoms with Crippen LogP contribution in [-0.2, 0) is 16.3 Å². The van der Waals surface area contributed by atoms with Crippen molar-refractivity contribution >= 4 is 9.84 Å². The fraction of sp³-hybridized carbons (Fsp3) is 0.500. The number of rotatable bonds is 6. The number of nitrogens with one attached hydrogen (secondary N) is 1. The summed E-state index contributed by atoms with van der Waals surface area (Å²) < 4.78 is 23.1. The molecule has 1 aromatic rings. The van der Waals surface area contributed by atoms with Crippen molar-refractivity contribution in [2.75, 3.05) is 19.3 Å². The van der Waals surface area contributed by atoms with E-state index in [1.165, 1.54) is 5.56 Å². The topological polar surface area (TPSA) is 46.2 Å². The minimum absolute atomic E-state index is 0.159. The molecular weight excluding hydrogens is 222 g/mol. The molecule has 1 rings (SSSR count). The van der Waals surface area contributed by atoms with E-state index in [0.717, 1.165) is 19.4 Å². The molecule has 0 saturated carbocycles. The highest BCUT2D eigenvalue weighted by Crippen LogP contribution is 2.13. The Morgan fingerprint density at radius 1 is 1.19 bits per heavy atom. The molecule has 0 spiro atoms. The van der Waals surface area contributed by atoms with Crippen LogP contribution in [0.15, 0.2) is 29.2 Å². The smallest absolute Gasteiger partial charge is 0.178 e. The lowest BCUT2D eigenvalue weighted by Gasteiger charge is -2.04. The summed E-state index contributed by atoms with van der Waals surface area (Å²) in [5.74, 6) is 0.159. The summed E-state index contributed by atoms with van der Waals surface area (Å²) in [6, 6.07) is 7.21. The van der Waals surface area contributed by atoms with Crippen molar-refractivity contribution in [1.82, 2.24) is 5.32 Å². The van der Waals surface area contributed by atoms with E-state index in [-0.39, 0.29) is 5.75 Å². The Morgan fingerprint density at radius 2 is 1.81 bits per heavy atom. The van der Waals surface area contributed by atoms with Crippen LogP contribution in [-0.4, -0.2) is 27.8 Å². The van der Waals surface area contributed by atoms with E-state index in [9.17, 15) is 8.42 Å². The Hall–Kier alpha value is -0.870. The lowest BCUT2D eigenvalue weighted by atomic mass is 10.1. The van der Waals surface area contributed by atoms with E-state index in [0.29, 0.717) is 4.90 Å². The second kappa shape index (κ2) is 6.01. The first kappa shape index (κ1) is 13.2. The SMILES string of the molecule is CCS(=O)(=O)c1ccc(CCCNC)cc1. The van der Waals surface area contributed by atoms with Gasteiger partial charge in [0.1, 0.15) is 0 Å². The Labute approximate surface area is 97.8 Å². The van der Waals surface area contributed by atoms with Crippen LogP contribution in [0.5, 0.6) is 0 Å². The van der Waals surface area contributed by atoms with E-state index in [1.54, 1.807) is 19.1 Å². The minimum Gasteiger partial charge on any atom is -0.320 e. The van der Waals surface area contributed by atoms with Gasteiger partial charge in [-0.3, -0.25) is 0 Å². The van der Waals surface area contributed by atoms with Crippen molar-refractivity contribution in [2.24, 2.45) is 0 Å². The van der Waals surface area contributed by atoms with Crippen LogP contribution in [0.1, 0.15) is 18.9 Å². The second-order valence-corrected chi connectivity index (χ2v) is 6.03. The van der Waals surface area contributed by atoms with Gasteiger partial charge in [-0.1, -0.05) is 19.1 Å². The molecule has 0 heterocycles. The fourth-order valence-corrected chi connectivity index (χ4v) is 2.38. The molecule has 4 heteroatoms. The van der Waals surface area contributed by atoms with Crippen LogP contribution >= 0.6 is 0 Å². The molecule has 0 radical (unpaired) electrons. The summed E-state index contributed by atoms with van der Waals surface area (Å²) in [7, 11) is -1.12. The van der Waals surface area contributed by atoms with Gasteiger partial charge in [0.25, 0.3) is 0 Å². The molecule has 0 atom stereocenters. The van der Waals surface area contributed by atoms with Gasteiger partial charge in [0.05, 0.1) is 10.6 Å². The standard InChI is InChI=1S/C12H19NO2S/c1-3-16(14,15)12-8-6-11(7-9-12)5-4-10-13-2/h6-9,13H,3-5,10H2,1-2H3. The van der Waals surface area contributed by atoms with Crippen molar-refractivity contribution in [3.8, 4) is 0 Å². The highest BCUT2D eigenvalue weighted by molar-refractivity contribution is 7.91. The van der Waals surface area contributed by atoms with Crippen LogP contribution in [0.3, 0.4) is 0 Å². The molecule has 1 aromatic carbocycles. The lowest BCUT2D eigenvalue weighted by molar-refractivity contribution is 0.597. The molecule has 0 unspecified atom stereocenters. The van der Waals surface area contributed by atoms with Crippen LogP contribution < -0.4 is 5.32 Å². The maximum Gasteiger partial charge on any atom is 0.178 e. The number of aryl methyl sites for hydroxylation is 1. The molecule has 0 aliphatic rings. The molecule has 0 saturated heterocycles. The first-order valence-electron chi connectivity index (χ1n) is 5.56. The van der Waals surface area contributed by atoms with Crippen molar-refractivity contribution in [1.29, 1.82) is 0 Å². The summed E-state index contributed by atoms with van der Waals surface area (Å²) >= 11 is 0. The molecule has 16 heavy (non-hydrogen) atoms. The zero-order valence-electron chi connectivity index (χ0n) is 9.86. The van der Waals surface area contributed by atoms with E-state index in [4.69, 9.17) is 0 Å². The number of benzene rings is 1. The summed E-state index contributed by atoms with van der Waals surface area (Å²) in [5, 5.41) is 3.09. The summed E-state index contributed by atoms with van der Waals surface area (Å²) in [6.45, 7) is 2.64. The molecule has 1 N–H and O–H groups in total. The van der Waals surface area contributed by atoms with E-state index in [2.05, 4.69) is 5.32 Å². The van der Waals surface area contributed by atoms with E-state index >= 15 is 0 Å². The third kappa shape index (κ3) is 3.61. The normalized spacial score (nSPS) is 11.6. The van der Waals surface area contributed by atoms with Gasteiger partial charge in [0, 0.05) is 0 Å². The average molecular weight is 241 g/mol. The first-order chi connectivity index (χ1) is 7.60. The van der Waals surface area contributed by atoms with Gasteiger partial charge in [-0.2, -0.15) is 0 Å². The largest absolute Gasteiger partial charge is 0.320 e. The van der Waals surface area contributed by atoms with Gasteiger partial charge in [-0.15, -0.1) is 0 Å². The maximum atomic E-state index is 11.6.